The summed E-state index contributed by atoms with van der Waals surface area (Å²) in [7, 11) is 0. The van der Waals surface area contributed by atoms with Crippen molar-refractivity contribution < 1.29 is 22.3 Å². The second-order valence-corrected chi connectivity index (χ2v) is 11.2. The van der Waals surface area contributed by atoms with E-state index in [4.69, 9.17) is 4.74 Å². The normalized spacial score (nSPS) is 21.1. The Hall–Kier alpha value is -3.60. The predicted molar refractivity (Wildman–Crippen MR) is 158 cm³/mol. The third-order valence-corrected chi connectivity index (χ3v) is 8.78. The summed E-state index contributed by atoms with van der Waals surface area (Å²) < 4.78 is 65.1. The third-order valence-electron chi connectivity index (χ3n) is 8.78. The first-order valence-electron chi connectivity index (χ1n) is 14.6. The molecule has 0 radical (unpaired) electrons. The Kier molecular flexibility index (Phi) is 9.12. The van der Waals surface area contributed by atoms with E-state index in [9.17, 15) is 8.78 Å². The van der Waals surface area contributed by atoms with Gasteiger partial charge in [0.2, 0.25) is 5.82 Å². The number of ether oxygens (including phenoxy) is 1. The molecule has 2 aliphatic rings. The standard InChI is InChI=1S/C36H36F4O/c1-3-5-22-41-32-21-20-31(35(39)36(32)40)28-16-14-27(15-17-28)30-19-18-29(33(37)34(30)38)26-12-10-25(11-13-26)24-8-6-23(4-2)7-9-24/h4-5,12,14-25H,2-3,6-11,13H2,1H3/b22-5-. The molecule has 3 aromatic rings. The van der Waals surface area contributed by atoms with Crippen molar-refractivity contribution in [2.24, 2.45) is 17.8 Å². The van der Waals surface area contributed by atoms with Crippen LogP contribution in [0.2, 0.25) is 0 Å². The Morgan fingerprint density at radius 1 is 0.732 bits per heavy atom. The molecule has 0 saturated heterocycles. The average Bonchev–Trinajstić information content (AvgIpc) is 3.01. The maximum atomic E-state index is 15.3. The van der Waals surface area contributed by atoms with Gasteiger partial charge in [-0.2, -0.15) is 4.39 Å². The maximum absolute atomic E-state index is 15.3. The Morgan fingerprint density at radius 3 is 1.90 bits per heavy atom. The van der Waals surface area contributed by atoms with E-state index >= 15 is 8.78 Å². The first kappa shape index (κ1) is 28.9. The lowest BCUT2D eigenvalue weighted by atomic mass is 9.71. The van der Waals surface area contributed by atoms with Crippen LogP contribution >= 0.6 is 0 Å². The van der Waals surface area contributed by atoms with Crippen LogP contribution in [-0.2, 0) is 0 Å². The SMILES string of the molecule is C=CC1CCC(C2CC=C(c3ccc(-c4ccc(-c5ccc(O/C=C\CC)c(F)c5F)cc4)c(F)c3F)CC2)CC1. The molecule has 0 amide bonds. The van der Waals surface area contributed by atoms with Crippen LogP contribution < -0.4 is 4.74 Å². The second-order valence-electron chi connectivity index (χ2n) is 11.2. The van der Waals surface area contributed by atoms with Crippen LogP contribution in [0.15, 0.2) is 79.6 Å². The molecule has 1 unspecified atom stereocenters. The van der Waals surface area contributed by atoms with Crippen molar-refractivity contribution >= 4 is 5.57 Å². The summed E-state index contributed by atoms with van der Waals surface area (Å²) in [5, 5.41) is 0. The Morgan fingerprint density at radius 2 is 1.32 bits per heavy atom. The van der Waals surface area contributed by atoms with Crippen molar-refractivity contribution in [3.05, 3.63) is 108 Å². The van der Waals surface area contributed by atoms with Crippen molar-refractivity contribution in [2.75, 3.05) is 0 Å². The molecule has 5 rings (SSSR count). The van der Waals surface area contributed by atoms with E-state index in [2.05, 4.69) is 18.7 Å². The number of allylic oxidation sites excluding steroid dienone is 4. The van der Waals surface area contributed by atoms with Gasteiger partial charge in [-0.3, -0.25) is 0 Å². The van der Waals surface area contributed by atoms with Gasteiger partial charge in [-0.25, -0.2) is 13.2 Å². The highest BCUT2D eigenvalue weighted by atomic mass is 19.2. The highest BCUT2D eigenvalue weighted by Crippen LogP contribution is 2.42. The molecular weight excluding hydrogens is 524 g/mol. The van der Waals surface area contributed by atoms with Gasteiger partial charge in [-0.05, 0) is 104 Å². The van der Waals surface area contributed by atoms with E-state index < -0.39 is 23.3 Å². The van der Waals surface area contributed by atoms with Crippen LogP contribution in [0.1, 0.15) is 63.9 Å². The fraction of sp³-hybridized carbons (Fsp3) is 0.333. The molecular formula is C36H36F4O. The lowest BCUT2D eigenvalue weighted by Gasteiger charge is -2.34. The lowest BCUT2D eigenvalue weighted by molar-refractivity contribution is 0.212. The molecule has 41 heavy (non-hydrogen) atoms. The quantitative estimate of drug-likeness (QED) is 0.151. The predicted octanol–water partition coefficient (Wildman–Crippen LogP) is 11.1. The summed E-state index contributed by atoms with van der Waals surface area (Å²) in [6, 6.07) is 12.4. The zero-order chi connectivity index (χ0) is 28.9. The van der Waals surface area contributed by atoms with Crippen molar-refractivity contribution in [1.82, 2.24) is 0 Å². The topological polar surface area (TPSA) is 9.23 Å². The Labute approximate surface area is 240 Å². The molecule has 214 valence electrons. The van der Waals surface area contributed by atoms with Crippen LogP contribution in [0.5, 0.6) is 5.75 Å². The first-order valence-corrected chi connectivity index (χ1v) is 14.6. The van der Waals surface area contributed by atoms with Crippen molar-refractivity contribution in [3.8, 4) is 28.0 Å². The van der Waals surface area contributed by atoms with Crippen LogP contribution in [-0.4, -0.2) is 0 Å². The molecule has 0 aromatic heterocycles. The number of benzene rings is 3. The number of hydrogen-bond donors (Lipinski definition) is 0. The molecule has 3 aromatic carbocycles. The summed E-state index contributed by atoms with van der Waals surface area (Å²) in [4.78, 5) is 0. The Bertz CT molecular complexity index is 1450. The van der Waals surface area contributed by atoms with E-state index in [1.807, 2.05) is 6.92 Å². The van der Waals surface area contributed by atoms with E-state index in [0.717, 1.165) is 24.8 Å². The molecule has 0 aliphatic heterocycles. The van der Waals surface area contributed by atoms with Gasteiger partial charge in [0.05, 0.1) is 6.26 Å². The lowest BCUT2D eigenvalue weighted by Crippen LogP contribution is -2.22. The molecule has 1 fully saturated rings. The summed E-state index contributed by atoms with van der Waals surface area (Å²) in [5.74, 6) is -2.12. The zero-order valence-electron chi connectivity index (χ0n) is 23.4. The molecule has 2 aliphatic carbocycles. The summed E-state index contributed by atoms with van der Waals surface area (Å²) >= 11 is 0. The van der Waals surface area contributed by atoms with E-state index in [0.29, 0.717) is 40.9 Å². The van der Waals surface area contributed by atoms with Crippen LogP contribution in [0.4, 0.5) is 17.6 Å². The summed E-state index contributed by atoms with van der Waals surface area (Å²) in [6.07, 6.45) is 15.4. The largest absolute Gasteiger partial charge is 0.462 e. The maximum Gasteiger partial charge on any atom is 0.201 e. The molecule has 5 heteroatoms. The van der Waals surface area contributed by atoms with E-state index in [1.54, 1.807) is 42.5 Å². The number of halogens is 4. The van der Waals surface area contributed by atoms with Gasteiger partial charge in [0, 0.05) is 16.7 Å². The second kappa shape index (κ2) is 12.9. The third kappa shape index (κ3) is 6.19. The fourth-order valence-electron chi connectivity index (χ4n) is 6.29. The molecule has 0 bridgehead atoms. The molecule has 1 atom stereocenters. The molecule has 1 nitrogen and oxygen atoms in total. The van der Waals surface area contributed by atoms with Gasteiger partial charge in [0.1, 0.15) is 0 Å². The first-order chi connectivity index (χ1) is 19.9. The van der Waals surface area contributed by atoms with Crippen molar-refractivity contribution in [3.63, 3.8) is 0 Å². The minimum Gasteiger partial charge on any atom is -0.462 e. The van der Waals surface area contributed by atoms with Gasteiger partial charge in [0.25, 0.3) is 0 Å². The smallest absolute Gasteiger partial charge is 0.201 e. The Balaban J connectivity index is 1.30. The van der Waals surface area contributed by atoms with E-state index in [1.165, 1.54) is 44.1 Å². The zero-order valence-corrected chi connectivity index (χ0v) is 23.4. The molecule has 0 spiro atoms. The van der Waals surface area contributed by atoms with E-state index in [-0.39, 0.29) is 16.9 Å². The highest BCUT2D eigenvalue weighted by Gasteiger charge is 2.29. The van der Waals surface area contributed by atoms with Crippen LogP contribution in [0, 0.1) is 41.0 Å². The highest BCUT2D eigenvalue weighted by molar-refractivity contribution is 5.74. The van der Waals surface area contributed by atoms with Crippen LogP contribution in [0.3, 0.4) is 0 Å². The summed E-state index contributed by atoms with van der Waals surface area (Å²) in [6.45, 7) is 5.83. The van der Waals surface area contributed by atoms with Crippen LogP contribution in [0.25, 0.3) is 27.8 Å². The van der Waals surface area contributed by atoms with Gasteiger partial charge < -0.3 is 4.74 Å². The fourth-order valence-corrected chi connectivity index (χ4v) is 6.29. The van der Waals surface area contributed by atoms with Crippen molar-refractivity contribution in [2.45, 2.75) is 58.3 Å². The minimum absolute atomic E-state index is 0.0548. The average molecular weight is 561 g/mol. The summed E-state index contributed by atoms with van der Waals surface area (Å²) in [5.41, 5.74) is 2.25. The molecule has 0 heterocycles. The number of hydrogen-bond acceptors (Lipinski definition) is 1. The monoisotopic (exact) mass is 560 g/mol. The number of rotatable bonds is 8. The van der Waals surface area contributed by atoms with Crippen molar-refractivity contribution in [1.29, 1.82) is 0 Å². The van der Waals surface area contributed by atoms with Gasteiger partial charge >= 0.3 is 0 Å². The van der Waals surface area contributed by atoms with Gasteiger partial charge in [-0.15, -0.1) is 6.58 Å². The molecule has 1 saturated carbocycles. The van der Waals surface area contributed by atoms with Gasteiger partial charge in [0.15, 0.2) is 23.2 Å². The minimum atomic E-state index is -1.08. The van der Waals surface area contributed by atoms with Gasteiger partial charge in [-0.1, -0.05) is 55.5 Å². The molecule has 0 N–H and O–H groups in total.